The predicted molar refractivity (Wildman–Crippen MR) is 129 cm³/mol. The fraction of sp³-hybridized carbons (Fsp3) is 0.292. The molecule has 0 spiro atoms. The van der Waals surface area contributed by atoms with Gasteiger partial charge in [-0.3, -0.25) is 10.00 Å². The van der Waals surface area contributed by atoms with Crippen molar-refractivity contribution in [3.05, 3.63) is 60.4 Å². The molecule has 1 fully saturated rings. The fourth-order valence-corrected chi connectivity index (χ4v) is 4.34. The summed E-state index contributed by atoms with van der Waals surface area (Å²) < 4.78 is 25.7. The number of carbonyl (C=O) groups excluding carboxylic acids is 1. The van der Waals surface area contributed by atoms with Gasteiger partial charge in [0.05, 0.1) is 49.0 Å². The molecule has 4 N–H and O–H groups in total. The number of hydrogen-bond acceptors (Lipinski definition) is 7. The molecule has 1 atom stereocenters. The van der Waals surface area contributed by atoms with Gasteiger partial charge in [-0.05, 0) is 30.5 Å². The minimum Gasteiger partial charge on any atom is -0.493 e. The van der Waals surface area contributed by atoms with Gasteiger partial charge in [0, 0.05) is 25.3 Å². The maximum absolute atomic E-state index is 13.1. The van der Waals surface area contributed by atoms with Crippen molar-refractivity contribution in [2.45, 2.75) is 25.4 Å². The molecule has 1 aliphatic rings. The molecule has 0 saturated carbocycles. The third kappa shape index (κ3) is 4.90. The number of fused-ring (bicyclic) bond motifs is 1. The summed E-state index contributed by atoms with van der Waals surface area (Å²) in [5.41, 5.74) is 9.05. The monoisotopic (exact) mass is 479 g/mol. The first-order valence-corrected chi connectivity index (χ1v) is 11.3. The number of nitrogens with one attached hydrogen (secondary N) is 2. The van der Waals surface area contributed by atoms with E-state index in [0.29, 0.717) is 30.2 Å². The van der Waals surface area contributed by atoms with E-state index in [9.17, 15) is 9.18 Å². The molecule has 4 heterocycles. The van der Waals surface area contributed by atoms with Crippen molar-refractivity contribution in [2.24, 2.45) is 5.73 Å². The van der Waals surface area contributed by atoms with Crippen LogP contribution in [-0.4, -0.2) is 52.1 Å². The lowest BCUT2D eigenvalue weighted by atomic mass is 10.0. The van der Waals surface area contributed by atoms with E-state index in [4.69, 9.17) is 15.2 Å². The zero-order valence-electron chi connectivity index (χ0n) is 19.2. The second-order valence-corrected chi connectivity index (χ2v) is 8.46. The smallest absolute Gasteiger partial charge is 0.417 e. The quantitative estimate of drug-likeness (QED) is 0.387. The highest BCUT2D eigenvalue weighted by molar-refractivity contribution is 6.07. The first-order chi connectivity index (χ1) is 17.0. The molecule has 1 amide bonds. The van der Waals surface area contributed by atoms with Gasteiger partial charge < -0.3 is 25.1 Å². The van der Waals surface area contributed by atoms with Crippen molar-refractivity contribution in [1.29, 1.82) is 0 Å². The molecule has 0 unspecified atom stereocenters. The number of methoxy groups -OCH3 is 1. The average molecular weight is 480 g/mol. The van der Waals surface area contributed by atoms with E-state index in [1.807, 2.05) is 0 Å². The van der Waals surface area contributed by atoms with Crippen LogP contribution in [0.25, 0.3) is 11.0 Å². The molecule has 11 heteroatoms. The van der Waals surface area contributed by atoms with Crippen LogP contribution in [0.4, 0.5) is 20.6 Å². The Morgan fingerprint density at radius 3 is 2.91 bits per heavy atom. The topological polar surface area (TPSA) is 123 Å². The minimum atomic E-state index is -0.670. The Kier molecular flexibility index (Phi) is 6.23. The Morgan fingerprint density at radius 1 is 1.31 bits per heavy atom. The molecule has 5 rings (SSSR count). The molecular formula is C24H26FN7O3. The molecule has 4 aromatic rings. The molecule has 35 heavy (non-hydrogen) atoms. The third-order valence-corrected chi connectivity index (χ3v) is 5.95. The van der Waals surface area contributed by atoms with Gasteiger partial charge >= 0.3 is 6.09 Å². The number of nitrogens with zero attached hydrogens (tertiary/aromatic N) is 4. The standard InChI is InChI=1S/C24H26FN7O3/c1-34-20-11-28-23-21(22(20)31-8-2-3-17(26)13-31)19(10-27-23)30-24(33)35-18-9-29-32(14-18)12-15-4-6-16(25)7-5-15/h4-7,9-11,14,17H,2-3,8,12-13,26H2,1H3,(H,27,28)(H,30,33)/t17-/m1/s1. The SMILES string of the molecule is COc1cnc2[nH]cc(NC(=O)Oc3cnn(Cc4ccc(F)cc4)c3)c2c1N1CCC[C@@H](N)C1. The molecule has 182 valence electrons. The largest absolute Gasteiger partial charge is 0.493 e. The lowest BCUT2D eigenvalue weighted by Crippen LogP contribution is -2.43. The van der Waals surface area contributed by atoms with Crippen molar-refractivity contribution >= 4 is 28.5 Å². The Hall–Kier alpha value is -4.12. The number of aromatic amines is 1. The first-order valence-electron chi connectivity index (χ1n) is 11.3. The summed E-state index contributed by atoms with van der Waals surface area (Å²) in [7, 11) is 1.59. The Bertz CT molecular complexity index is 1330. The number of amides is 1. The number of piperidine rings is 1. The summed E-state index contributed by atoms with van der Waals surface area (Å²) in [5.74, 6) is 0.582. The highest BCUT2D eigenvalue weighted by atomic mass is 19.1. The van der Waals surface area contributed by atoms with Gasteiger partial charge in [-0.2, -0.15) is 5.10 Å². The number of ether oxygens (including phenoxy) is 2. The molecule has 0 aliphatic carbocycles. The maximum atomic E-state index is 13.1. The molecule has 1 aromatic carbocycles. The van der Waals surface area contributed by atoms with Crippen molar-refractivity contribution in [1.82, 2.24) is 19.7 Å². The van der Waals surface area contributed by atoms with Crippen molar-refractivity contribution < 1.29 is 18.7 Å². The second-order valence-electron chi connectivity index (χ2n) is 8.46. The molecular weight excluding hydrogens is 453 g/mol. The van der Waals surface area contributed by atoms with Crippen LogP contribution in [0.5, 0.6) is 11.5 Å². The van der Waals surface area contributed by atoms with E-state index < -0.39 is 6.09 Å². The summed E-state index contributed by atoms with van der Waals surface area (Å²) >= 11 is 0. The Morgan fingerprint density at radius 2 is 2.14 bits per heavy atom. The van der Waals surface area contributed by atoms with Crippen LogP contribution in [0, 0.1) is 5.82 Å². The number of pyridine rings is 1. The summed E-state index contributed by atoms with van der Waals surface area (Å²) in [6, 6.07) is 6.19. The number of H-pyrrole nitrogens is 1. The van der Waals surface area contributed by atoms with Crippen LogP contribution in [0.15, 0.2) is 49.1 Å². The second kappa shape index (κ2) is 9.63. The summed E-state index contributed by atoms with van der Waals surface area (Å²) in [4.78, 5) is 22.4. The van der Waals surface area contributed by atoms with Gasteiger partial charge in [0.25, 0.3) is 0 Å². The molecule has 3 aromatic heterocycles. The third-order valence-electron chi connectivity index (χ3n) is 5.95. The van der Waals surface area contributed by atoms with E-state index in [1.165, 1.54) is 18.3 Å². The minimum absolute atomic E-state index is 0.0587. The van der Waals surface area contributed by atoms with E-state index in [0.717, 1.165) is 36.0 Å². The van der Waals surface area contributed by atoms with Gasteiger partial charge in [0.2, 0.25) is 0 Å². The van der Waals surface area contributed by atoms with Crippen molar-refractivity contribution in [2.75, 3.05) is 30.4 Å². The predicted octanol–water partition coefficient (Wildman–Crippen LogP) is 3.49. The number of hydrogen-bond donors (Lipinski definition) is 3. The van der Waals surface area contributed by atoms with E-state index in [2.05, 4.69) is 25.3 Å². The number of halogens is 1. The van der Waals surface area contributed by atoms with Crippen LogP contribution in [0.1, 0.15) is 18.4 Å². The average Bonchev–Trinajstić information content (AvgIpc) is 3.46. The zero-order valence-corrected chi connectivity index (χ0v) is 19.2. The molecule has 0 bridgehead atoms. The van der Waals surface area contributed by atoms with E-state index in [-0.39, 0.29) is 17.6 Å². The fourth-order valence-electron chi connectivity index (χ4n) is 4.34. The summed E-state index contributed by atoms with van der Waals surface area (Å²) in [5, 5.41) is 7.73. The normalized spacial score (nSPS) is 15.9. The zero-order chi connectivity index (χ0) is 24.4. The van der Waals surface area contributed by atoms with E-state index in [1.54, 1.807) is 42.5 Å². The Balaban J connectivity index is 1.34. The number of carbonyl (C=O) groups is 1. The van der Waals surface area contributed by atoms with Crippen molar-refractivity contribution in [3.8, 4) is 11.5 Å². The van der Waals surface area contributed by atoms with Gasteiger partial charge in [-0.15, -0.1) is 0 Å². The molecule has 10 nitrogen and oxygen atoms in total. The number of anilines is 2. The Labute approximate surface area is 200 Å². The molecule has 1 aliphatic heterocycles. The lowest BCUT2D eigenvalue weighted by molar-refractivity contribution is 0.215. The number of rotatable bonds is 6. The van der Waals surface area contributed by atoms with Crippen molar-refractivity contribution in [3.63, 3.8) is 0 Å². The highest BCUT2D eigenvalue weighted by Gasteiger charge is 2.25. The molecule has 1 saturated heterocycles. The number of nitrogens with two attached hydrogens (primary N) is 1. The summed E-state index contributed by atoms with van der Waals surface area (Å²) in [6.45, 7) is 1.92. The van der Waals surface area contributed by atoms with Crippen LogP contribution in [0.3, 0.4) is 0 Å². The van der Waals surface area contributed by atoms with Crippen LogP contribution >= 0.6 is 0 Å². The van der Waals surface area contributed by atoms with E-state index >= 15 is 0 Å². The van der Waals surface area contributed by atoms with Gasteiger partial charge in [0.1, 0.15) is 11.5 Å². The first kappa shape index (κ1) is 22.7. The van der Waals surface area contributed by atoms with Crippen LogP contribution in [-0.2, 0) is 6.54 Å². The summed E-state index contributed by atoms with van der Waals surface area (Å²) in [6.07, 6.45) is 7.64. The highest BCUT2D eigenvalue weighted by Crippen LogP contribution is 2.40. The number of benzene rings is 1. The molecule has 0 radical (unpaired) electrons. The number of aromatic nitrogens is 4. The van der Waals surface area contributed by atoms with Gasteiger partial charge in [-0.25, -0.2) is 14.2 Å². The van der Waals surface area contributed by atoms with Crippen LogP contribution in [0.2, 0.25) is 0 Å². The maximum Gasteiger partial charge on any atom is 0.417 e. The lowest BCUT2D eigenvalue weighted by Gasteiger charge is -2.34. The van der Waals surface area contributed by atoms with Gasteiger partial charge in [0.15, 0.2) is 11.5 Å². The van der Waals surface area contributed by atoms with Gasteiger partial charge in [-0.1, -0.05) is 12.1 Å². The van der Waals surface area contributed by atoms with Crippen LogP contribution < -0.4 is 25.4 Å².